The summed E-state index contributed by atoms with van der Waals surface area (Å²) in [5.41, 5.74) is 5.60. The maximum absolute atomic E-state index is 11.9. The first-order chi connectivity index (χ1) is 7.88. The van der Waals surface area contributed by atoms with Gasteiger partial charge in [0.2, 0.25) is 10.0 Å². The van der Waals surface area contributed by atoms with Crippen LogP contribution in [0.4, 0.5) is 5.69 Å². The van der Waals surface area contributed by atoms with Gasteiger partial charge in [0.25, 0.3) is 0 Å². The van der Waals surface area contributed by atoms with E-state index in [1.165, 1.54) is 19.2 Å². The Labute approximate surface area is 110 Å². The SMILES string of the molecule is COCCNS(=O)(=O)c1c(N)cc(Cl)cc1Cl. The van der Waals surface area contributed by atoms with Gasteiger partial charge in [-0.05, 0) is 12.1 Å². The van der Waals surface area contributed by atoms with Crippen molar-refractivity contribution >= 4 is 38.9 Å². The molecule has 0 radical (unpaired) electrons. The Balaban J connectivity index is 3.07. The fraction of sp³-hybridized carbons (Fsp3) is 0.333. The number of methoxy groups -OCH3 is 1. The maximum Gasteiger partial charge on any atom is 0.244 e. The molecule has 3 N–H and O–H groups in total. The topological polar surface area (TPSA) is 81.4 Å². The summed E-state index contributed by atoms with van der Waals surface area (Å²) in [7, 11) is -2.29. The lowest BCUT2D eigenvalue weighted by Gasteiger charge is -2.10. The van der Waals surface area contributed by atoms with Gasteiger partial charge in [0.1, 0.15) is 4.90 Å². The van der Waals surface area contributed by atoms with Crippen molar-refractivity contribution in [3.05, 3.63) is 22.2 Å². The van der Waals surface area contributed by atoms with E-state index < -0.39 is 10.0 Å². The molecule has 0 saturated carbocycles. The molecule has 0 bridgehead atoms. The van der Waals surface area contributed by atoms with Gasteiger partial charge in [0, 0.05) is 18.7 Å². The third-order valence-corrected chi connectivity index (χ3v) is 4.11. The van der Waals surface area contributed by atoms with Crippen molar-refractivity contribution < 1.29 is 13.2 Å². The molecule has 0 unspecified atom stereocenters. The van der Waals surface area contributed by atoms with Crippen LogP contribution in [0.25, 0.3) is 0 Å². The molecule has 1 aromatic rings. The molecule has 0 aliphatic rings. The third kappa shape index (κ3) is 3.72. The van der Waals surface area contributed by atoms with Gasteiger partial charge >= 0.3 is 0 Å². The zero-order valence-electron chi connectivity index (χ0n) is 9.04. The van der Waals surface area contributed by atoms with Crippen LogP contribution in [0.2, 0.25) is 10.0 Å². The standard InChI is InChI=1S/C9H12Cl2N2O3S/c1-16-3-2-13-17(14,15)9-7(11)4-6(10)5-8(9)12/h4-5,13H,2-3,12H2,1H3. The van der Waals surface area contributed by atoms with Gasteiger partial charge < -0.3 is 10.5 Å². The molecular weight excluding hydrogens is 287 g/mol. The fourth-order valence-corrected chi connectivity index (χ4v) is 3.21. The van der Waals surface area contributed by atoms with E-state index in [9.17, 15) is 8.42 Å². The van der Waals surface area contributed by atoms with Gasteiger partial charge in [0.05, 0.1) is 17.3 Å². The van der Waals surface area contributed by atoms with Crippen molar-refractivity contribution in [3.63, 3.8) is 0 Å². The minimum atomic E-state index is -3.76. The Morgan fingerprint density at radius 3 is 2.59 bits per heavy atom. The molecule has 0 spiro atoms. The summed E-state index contributed by atoms with van der Waals surface area (Å²) in [4.78, 5) is -0.167. The maximum atomic E-state index is 11.9. The lowest BCUT2D eigenvalue weighted by molar-refractivity contribution is 0.204. The molecule has 0 atom stereocenters. The minimum Gasteiger partial charge on any atom is -0.398 e. The summed E-state index contributed by atoms with van der Waals surface area (Å²) < 4.78 is 30.8. The second kappa shape index (κ2) is 5.88. The largest absolute Gasteiger partial charge is 0.398 e. The van der Waals surface area contributed by atoms with Gasteiger partial charge in [0.15, 0.2) is 0 Å². The molecule has 8 heteroatoms. The number of hydrogen-bond donors (Lipinski definition) is 2. The number of halogens is 2. The number of nitrogens with one attached hydrogen (secondary N) is 1. The second-order valence-electron chi connectivity index (χ2n) is 3.20. The quantitative estimate of drug-likeness (QED) is 0.637. The molecule has 0 aliphatic carbocycles. The normalized spacial score (nSPS) is 11.7. The van der Waals surface area contributed by atoms with Crippen molar-refractivity contribution in [3.8, 4) is 0 Å². The van der Waals surface area contributed by atoms with Gasteiger partial charge in [-0.3, -0.25) is 0 Å². The summed E-state index contributed by atoms with van der Waals surface area (Å²) in [5.74, 6) is 0. The average molecular weight is 299 g/mol. The first-order valence-corrected chi connectivity index (χ1v) is 6.85. The summed E-state index contributed by atoms with van der Waals surface area (Å²) >= 11 is 11.5. The number of hydrogen-bond acceptors (Lipinski definition) is 4. The Hall–Kier alpha value is -0.530. The van der Waals surface area contributed by atoms with Crippen LogP contribution in [0.1, 0.15) is 0 Å². The van der Waals surface area contributed by atoms with Gasteiger partial charge in [-0.1, -0.05) is 23.2 Å². The van der Waals surface area contributed by atoms with E-state index in [2.05, 4.69) is 4.72 Å². The van der Waals surface area contributed by atoms with Gasteiger partial charge in [-0.15, -0.1) is 0 Å². The Morgan fingerprint density at radius 1 is 1.41 bits per heavy atom. The monoisotopic (exact) mass is 298 g/mol. The molecule has 0 heterocycles. The van der Waals surface area contributed by atoms with Crippen molar-refractivity contribution in [1.29, 1.82) is 0 Å². The lowest BCUT2D eigenvalue weighted by atomic mass is 10.3. The molecule has 1 aromatic carbocycles. The highest BCUT2D eigenvalue weighted by atomic mass is 35.5. The number of nitrogen functional groups attached to an aromatic ring is 1. The molecule has 5 nitrogen and oxygen atoms in total. The van der Waals surface area contributed by atoms with Crippen LogP contribution >= 0.6 is 23.2 Å². The molecule has 17 heavy (non-hydrogen) atoms. The molecular formula is C9H12Cl2N2O3S. The van der Waals surface area contributed by atoms with Crippen LogP contribution in [0.5, 0.6) is 0 Å². The Bertz CT molecular complexity index is 482. The number of ether oxygens (including phenoxy) is 1. The van der Waals surface area contributed by atoms with Gasteiger partial charge in [-0.2, -0.15) is 0 Å². The zero-order chi connectivity index (χ0) is 13.1. The predicted molar refractivity (Wildman–Crippen MR) is 67.9 cm³/mol. The highest BCUT2D eigenvalue weighted by Crippen LogP contribution is 2.30. The van der Waals surface area contributed by atoms with E-state index in [4.69, 9.17) is 33.7 Å². The minimum absolute atomic E-state index is 0.00687. The van der Waals surface area contributed by atoms with Crippen molar-refractivity contribution in [2.24, 2.45) is 0 Å². The van der Waals surface area contributed by atoms with Crippen LogP contribution < -0.4 is 10.5 Å². The molecule has 0 saturated heterocycles. The number of anilines is 1. The molecule has 0 aliphatic heterocycles. The van der Waals surface area contributed by atoms with E-state index in [1.807, 2.05) is 0 Å². The first kappa shape index (κ1) is 14.5. The van der Waals surface area contributed by atoms with Crippen molar-refractivity contribution in [2.45, 2.75) is 4.90 Å². The molecule has 96 valence electrons. The average Bonchev–Trinajstić information content (AvgIpc) is 2.15. The molecule has 1 rings (SSSR count). The second-order valence-corrected chi connectivity index (χ2v) is 5.74. The number of benzene rings is 1. The summed E-state index contributed by atoms with van der Waals surface area (Å²) in [5, 5.41) is 0.267. The van der Waals surface area contributed by atoms with E-state index in [1.54, 1.807) is 0 Å². The van der Waals surface area contributed by atoms with Gasteiger partial charge in [-0.25, -0.2) is 13.1 Å². The number of nitrogens with two attached hydrogens (primary N) is 1. The smallest absolute Gasteiger partial charge is 0.244 e. The summed E-state index contributed by atoms with van der Waals surface area (Å²) in [6.07, 6.45) is 0. The van der Waals surface area contributed by atoms with Crippen LogP contribution in [-0.4, -0.2) is 28.7 Å². The van der Waals surface area contributed by atoms with Crippen LogP contribution in [0.15, 0.2) is 17.0 Å². The highest BCUT2D eigenvalue weighted by Gasteiger charge is 2.21. The van der Waals surface area contributed by atoms with Crippen LogP contribution in [-0.2, 0) is 14.8 Å². The molecule has 0 aromatic heterocycles. The fourth-order valence-electron chi connectivity index (χ4n) is 1.21. The van der Waals surface area contributed by atoms with E-state index in [0.717, 1.165) is 0 Å². The predicted octanol–water partition coefficient (Wildman–Crippen LogP) is 1.50. The number of sulfonamides is 1. The third-order valence-electron chi connectivity index (χ3n) is 1.90. The summed E-state index contributed by atoms with van der Waals surface area (Å²) in [6, 6.07) is 2.66. The van der Waals surface area contributed by atoms with Crippen LogP contribution in [0, 0.1) is 0 Å². The first-order valence-electron chi connectivity index (χ1n) is 4.61. The molecule has 0 amide bonds. The molecule has 0 fully saturated rings. The van der Waals surface area contributed by atoms with E-state index in [-0.39, 0.29) is 33.8 Å². The van der Waals surface area contributed by atoms with Crippen LogP contribution in [0.3, 0.4) is 0 Å². The lowest BCUT2D eigenvalue weighted by Crippen LogP contribution is -2.28. The highest BCUT2D eigenvalue weighted by molar-refractivity contribution is 7.89. The summed E-state index contributed by atoms with van der Waals surface area (Å²) in [6.45, 7) is 0.390. The van der Waals surface area contributed by atoms with E-state index >= 15 is 0 Å². The van der Waals surface area contributed by atoms with Crippen molar-refractivity contribution in [2.75, 3.05) is 26.0 Å². The van der Waals surface area contributed by atoms with Crippen molar-refractivity contribution in [1.82, 2.24) is 4.72 Å². The Morgan fingerprint density at radius 2 is 2.06 bits per heavy atom. The number of rotatable bonds is 5. The van der Waals surface area contributed by atoms with E-state index in [0.29, 0.717) is 0 Å². The Kier molecular flexibility index (Phi) is 5.03. The zero-order valence-corrected chi connectivity index (χ0v) is 11.4.